The summed E-state index contributed by atoms with van der Waals surface area (Å²) in [4.78, 5) is 4.56. The van der Waals surface area contributed by atoms with Crippen LogP contribution < -0.4 is 5.32 Å². The zero-order valence-corrected chi connectivity index (χ0v) is 9.30. The van der Waals surface area contributed by atoms with Crippen LogP contribution in [0.25, 0.3) is 11.0 Å². The summed E-state index contributed by atoms with van der Waals surface area (Å²) >= 11 is 6.19. The topological polar surface area (TPSA) is 29.9 Å². The maximum atomic E-state index is 6.19. The van der Waals surface area contributed by atoms with Crippen molar-refractivity contribution in [1.29, 1.82) is 0 Å². The van der Waals surface area contributed by atoms with Crippen molar-refractivity contribution in [3.8, 4) is 0 Å². The second-order valence-electron chi connectivity index (χ2n) is 3.97. The molecular formula is C11H12ClN3. The van der Waals surface area contributed by atoms with E-state index < -0.39 is 0 Å². The predicted molar refractivity (Wildman–Crippen MR) is 61.2 cm³/mol. The summed E-state index contributed by atoms with van der Waals surface area (Å²) in [6, 6.07) is 4.12. The van der Waals surface area contributed by atoms with E-state index in [1.54, 1.807) is 0 Å². The fourth-order valence-corrected chi connectivity index (χ4v) is 2.45. The molecule has 0 amide bonds. The van der Waals surface area contributed by atoms with Crippen molar-refractivity contribution in [1.82, 2.24) is 14.9 Å². The van der Waals surface area contributed by atoms with E-state index in [0.717, 1.165) is 41.5 Å². The highest BCUT2D eigenvalue weighted by atomic mass is 35.5. The quantitative estimate of drug-likeness (QED) is 0.739. The van der Waals surface area contributed by atoms with E-state index in [1.807, 2.05) is 6.07 Å². The first-order valence-corrected chi connectivity index (χ1v) is 5.49. The number of nitrogens with one attached hydrogen (secondary N) is 1. The van der Waals surface area contributed by atoms with E-state index >= 15 is 0 Å². The summed E-state index contributed by atoms with van der Waals surface area (Å²) in [6.45, 7) is 4.88. The van der Waals surface area contributed by atoms with Crippen LogP contribution in [0.2, 0.25) is 5.02 Å². The van der Waals surface area contributed by atoms with Crippen molar-refractivity contribution >= 4 is 22.6 Å². The molecule has 0 unspecified atom stereocenters. The predicted octanol–water partition coefficient (Wildman–Crippen LogP) is 2.10. The van der Waals surface area contributed by atoms with Crippen molar-refractivity contribution in [2.45, 2.75) is 20.0 Å². The lowest BCUT2D eigenvalue weighted by Gasteiger charge is -2.15. The Morgan fingerprint density at radius 1 is 1.47 bits per heavy atom. The Balaban J connectivity index is 2.37. The molecule has 0 saturated carbocycles. The molecule has 0 spiro atoms. The zero-order valence-electron chi connectivity index (χ0n) is 8.55. The maximum absolute atomic E-state index is 6.19. The van der Waals surface area contributed by atoms with E-state index in [1.165, 1.54) is 5.56 Å². The SMILES string of the molecule is Cc1cc(Cl)c2nc3n(c2c1)CCNC3. The number of aryl methyl sites for hydroxylation is 1. The van der Waals surface area contributed by atoms with Crippen LogP contribution in [-0.4, -0.2) is 16.1 Å². The summed E-state index contributed by atoms with van der Waals surface area (Å²) in [6.07, 6.45) is 0. The van der Waals surface area contributed by atoms with Gasteiger partial charge in [0.2, 0.25) is 0 Å². The number of aromatic nitrogens is 2. The van der Waals surface area contributed by atoms with Gasteiger partial charge in [-0.1, -0.05) is 11.6 Å². The maximum Gasteiger partial charge on any atom is 0.123 e. The van der Waals surface area contributed by atoms with E-state index in [4.69, 9.17) is 11.6 Å². The third-order valence-corrected chi connectivity index (χ3v) is 3.11. The van der Waals surface area contributed by atoms with Crippen LogP contribution >= 0.6 is 11.6 Å². The molecule has 0 fully saturated rings. The van der Waals surface area contributed by atoms with Gasteiger partial charge in [0, 0.05) is 13.1 Å². The molecular weight excluding hydrogens is 210 g/mol. The van der Waals surface area contributed by atoms with Crippen molar-refractivity contribution in [3.63, 3.8) is 0 Å². The van der Waals surface area contributed by atoms with Gasteiger partial charge in [-0.05, 0) is 24.6 Å². The number of hydrogen-bond acceptors (Lipinski definition) is 2. The van der Waals surface area contributed by atoms with Gasteiger partial charge < -0.3 is 9.88 Å². The standard InChI is InChI=1S/C11H12ClN3/c1-7-4-8(12)11-9(5-7)15-3-2-13-6-10(15)14-11/h4-5,13H,2-3,6H2,1H3. The molecule has 0 radical (unpaired) electrons. The Labute approximate surface area is 93.1 Å². The van der Waals surface area contributed by atoms with Crippen LogP contribution in [-0.2, 0) is 13.1 Å². The van der Waals surface area contributed by atoms with E-state index in [9.17, 15) is 0 Å². The molecule has 3 nitrogen and oxygen atoms in total. The fourth-order valence-electron chi connectivity index (χ4n) is 2.14. The molecule has 2 heterocycles. The second kappa shape index (κ2) is 3.22. The highest BCUT2D eigenvalue weighted by Gasteiger charge is 2.15. The van der Waals surface area contributed by atoms with Gasteiger partial charge in [0.15, 0.2) is 0 Å². The van der Waals surface area contributed by atoms with Crippen molar-refractivity contribution in [2.24, 2.45) is 0 Å². The highest BCUT2D eigenvalue weighted by Crippen LogP contribution is 2.26. The molecule has 0 bridgehead atoms. The molecule has 1 aromatic heterocycles. The molecule has 1 aromatic carbocycles. The van der Waals surface area contributed by atoms with Crippen LogP contribution in [0.15, 0.2) is 12.1 Å². The molecule has 3 rings (SSSR count). The first-order chi connectivity index (χ1) is 7.25. The average Bonchev–Trinajstić information content (AvgIpc) is 2.57. The van der Waals surface area contributed by atoms with Crippen molar-refractivity contribution in [3.05, 3.63) is 28.5 Å². The zero-order chi connectivity index (χ0) is 10.4. The number of halogens is 1. The summed E-state index contributed by atoms with van der Waals surface area (Å²) < 4.78 is 2.25. The molecule has 1 N–H and O–H groups in total. The lowest BCUT2D eigenvalue weighted by Crippen LogP contribution is -2.28. The normalized spacial score (nSPS) is 15.6. The lowest BCUT2D eigenvalue weighted by molar-refractivity contribution is 0.514. The van der Waals surface area contributed by atoms with Gasteiger partial charge in [0.1, 0.15) is 11.3 Å². The number of benzene rings is 1. The van der Waals surface area contributed by atoms with Crippen LogP contribution in [0.4, 0.5) is 0 Å². The minimum Gasteiger partial charge on any atom is -0.326 e. The molecule has 2 aromatic rings. The van der Waals surface area contributed by atoms with Crippen LogP contribution in [0.3, 0.4) is 0 Å². The fraction of sp³-hybridized carbons (Fsp3) is 0.364. The van der Waals surface area contributed by atoms with Gasteiger partial charge in [-0.15, -0.1) is 0 Å². The molecule has 1 aliphatic rings. The second-order valence-corrected chi connectivity index (χ2v) is 4.38. The Morgan fingerprint density at radius 3 is 3.20 bits per heavy atom. The third kappa shape index (κ3) is 1.34. The minimum absolute atomic E-state index is 0.756. The number of imidazole rings is 1. The van der Waals surface area contributed by atoms with Crippen LogP contribution in [0, 0.1) is 6.92 Å². The lowest BCUT2D eigenvalue weighted by atomic mass is 10.2. The van der Waals surface area contributed by atoms with Gasteiger partial charge in [-0.3, -0.25) is 0 Å². The Bertz CT molecular complexity index is 530. The summed E-state index contributed by atoms with van der Waals surface area (Å²) in [7, 11) is 0. The number of nitrogens with zero attached hydrogens (tertiary/aromatic N) is 2. The monoisotopic (exact) mass is 221 g/mol. The molecule has 0 aliphatic carbocycles. The average molecular weight is 222 g/mol. The van der Waals surface area contributed by atoms with Gasteiger partial charge in [0.25, 0.3) is 0 Å². The van der Waals surface area contributed by atoms with Crippen molar-refractivity contribution < 1.29 is 0 Å². The van der Waals surface area contributed by atoms with Gasteiger partial charge in [-0.25, -0.2) is 4.98 Å². The van der Waals surface area contributed by atoms with Crippen LogP contribution in [0.1, 0.15) is 11.4 Å². The largest absolute Gasteiger partial charge is 0.326 e. The Morgan fingerprint density at radius 2 is 2.33 bits per heavy atom. The highest BCUT2D eigenvalue weighted by molar-refractivity contribution is 6.35. The third-order valence-electron chi connectivity index (χ3n) is 2.83. The number of fused-ring (bicyclic) bond motifs is 3. The molecule has 78 valence electrons. The van der Waals surface area contributed by atoms with Gasteiger partial charge in [0.05, 0.1) is 17.1 Å². The first-order valence-electron chi connectivity index (χ1n) is 5.11. The first kappa shape index (κ1) is 9.19. The molecule has 0 saturated heterocycles. The summed E-state index contributed by atoms with van der Waals surface area (Å²) in [5, 5.41) is 4.07. The number of hydrogen-bond donors (Lipinski definition) is 1. The number of rotatable bonds is 0. The molecule has 0 atom stereocenters. The smallest absolute Gasteiger partial charge is 0.123 e. The van der Waals surface area contributed by atoms with Gasteiger partial charge >= 0.3 is 0 Å². The molecule has 4 heteroatoms. The Kier molecular flexibility index (Phi) is 1.97. The van der Waals surface area contributed by atoms with Gasteiger partial charge in [-0.2, -0.15) is 0 Å². The van der Waals surface area contributed by atoms with Crippen molar-refractivity contribution in [2.75, 3.05) is 6.54 Å². The van der Waals surface area contributed by atoms with E-state index in [2.05, 4.69) is 27.9 Å². The molecule has 15 heavy (non-hydrogen) atoms. The van der Waals surface area contributed by atoms with Crippen LogP contribution in [0.5, 0.6) is 0 Å². The Hall–Kier alpha value is -1.06. The minimum atomic E-state index is 0.756. The summed E-state index contributed by atoms with van der Waals surface area (Å²) in [5.74, 6) is 1.09. The van der Waals surface area contributed by atoms with E-state index in [-0.39, 0.29) is 0 Å². The molecule has 1 aliphatic heterocycles. The van der Waals surface area contributed by atoms with E-state index in [0.29, 0.717) is 0 Å². The summed E-state index contributed by atoms with van der Waals surface area (Å²) in [5.41, 5.74) is 3.28.